The van der Waals surface area contributed by atoms with Gasteiger partial charge in [0.25, 0.3) is 0 Å². The third kappa shape index (κ3) is 4.38. The number of aliphatic carboxylic acids is 1. The van der Waals surface area contributed by atoms with Crippen molar-refractivity contribution in [3.05, 3.63) is 35.1 Å². The summed E-state index contributed by atoms with van der Waals surface area (Å²) in [6.45, 7) is 0. The Morgan fingerprint density at radius 3 is 3.00 bits per heavy atom. The fourth-order valence-electron chi connectivity index (χ4n) is 1.70. The summed E-state index contributed by atoms with van der Waals surface area (Å²) in [4.78, 5) is 22.1. The normalized spacial score (nSPS) is 19.8. The van der Waals surface area contributed by atoms with E-state index in [2.05, 4.69) is 31.4 Å². The molecule has 9 heteroatoms. The van der Waals surface area contributed by atoms with Crippen molar-refractivity contribution in [3.63, 3.8) is 0 Å². The highest BCUT2D eigenvalue weighted by Crippen LogP contribution is 2.22. The fraction of sp³-hybridized carbons (Fsp3) is 0.231. The van der Waals surface area contributed by atoms with Gasteiger partial charge < -0.3 is 10.4 Å². The first-order chi connectivity index (χ1) is 10.5. The van der Waals surface area contributed by atoms with Crippen LogP contribution in [0.25, 0.3) is 0 Å². The molecule has 6 nitrogen and oxygen atoms in total. The van der Waals surface area contributed by atoms with Crippen LogP contribution in [-0.4, -0.2) is 33.6 Å². The van der Waals surface area contributed by atoms with Crippen molar-refractivity contribution in [3.8, 4) is 0 Å². The molecule has 0 spiro atoms. The van der Waals surface area contributed by atoms with Gasteiger partial charge in [0.05, 0.1) is 12.6 Å². The predicted molar refractivity (Wildman–Crippen MR) is 85.8 cm³/mol. The molecule has 1 saturated heterocycles. The lowest BCUT2D eigenvalue weighted by molar-refractivity contribution is -0.138. The largest absolute Gasteiger partial charge is 0.481 e. The number of benzene rings is 1. The zero-order valence-corrected chi connectivity index (χ0v) is 13.5. The molecule has 2 rings (SSSR count). The molecule has 1 heterocycles. The number of carboxylic acid groups (broad SMARTS) is 1. The van der Waals surface area contributed by atoms with Gasteiger partial charge in [-0.25, -0.2) is 4.39 Å². The maximum atomic E-state index is 13.1. The molecule has 2 N–H and O–H groups in total. The smallest absolute Gasteiger partial charge is 0.305 e. The van der Waals surface area contributed by atoms with Crippen LogP contribution in [-0.2, 0) is 14.9 Å². The average molecular weight is 388 g/mol. The van der Waals surface area contributed by atoms with Crippen molar-refractivity contribution >= 4 is 51.0 Å². The fourth-order valence-corrected chi connectivity index (χ4v) is 3.11. The minimum absolute atomic E-state index is 0.245. The number of carbonyl (C=O) groups excluding carboxylic acids is 1. The zero-order valence-electron chi connectivity index (χ0n) is 11.1. The standard InChI is InChI=1S/C13H11BrFN3O3S/c14-5-8-3-9(15)2-1-7(8)6-16-18-13-17-12(21)10(22-13)4-11(19)20/h1-3,6,10H,4-5H2,(H,19,20)(H,17,18,21). The van der Waals surface area contributed by atoms with Gasteiger partial charge in [-0.15, -0.1) is 5.10 Å². The van der Waals surface area contributed by atoms with Crippen LogP contribution in [0.1, 0.15) is 17.5 Å². The molecule has 1 aromatic rings. The third-order valence-electron chi connectivity index (χ3n) is 2.73. The summed E-state index contributed by atoms with van der Waals surface area (Å²) in [6.07, 6.45) is 1.17. The maximum Gasteiger partial charge on any atom is 0.305 e. The van der Waals surface area contributed by atoms with Crippen LogP contribution in [0.2, 0.25) is 0 Å². The van der Waals surface area contributed by atoms with Crippen LogP contribution in [0, 0.1) is 5.82 Å². The molecule has 1 aliphatic rings. The molecule has 1 aliphatic heterocycles. The Bertz CT molecular complexity index is 666. The summed E-state index contributed by atoms with van der Waals surface area (Å²) in [5.74, 6) is -1.79. The highest BCUT2D eigenvalue weighted by molar-refractivity contribution is 9.08. The number of hydrogen-bond donors (Lipinski definition) is 2. The summed E-state index contributed by atoms with van der Waals surface area (Å²) in [5.41, 5.74) is 1.41. The van der Waals surface area contributed by atoms with Gasteiger partial charge in [0.1, 0.15) is 11.1 Å². The number of nitrogens with one attached hydrogen (secondary N) is 1. The average Bonchev–Trinajstić information content (AvgIpc) is 2.80. The maximum absolute atomic E-state index is 13.1. The van der Waals surface area contributed by atoms with Crippen LogP contribution in [0.15, 0.2) is 28.4 Å². The summed E-state index contributed by atoms with van der Waals surface area (Å²) in [7, 11) is 0. The first-order valence-electron chi connectivity index (χ1n) is 6.14. The highest BCUT2D eigenvalue weighted by Gasteiger charge is 2.32. The number of amidine groups is 1. The molecule has 1 aromatic carbocycles. The molecule has 1 fully saturated rings. The molecule has 1 atom stereocenters. The minimum Gasteiger partial charge on any atom is -0.481 e. The molecule has 116 valence electrons. The number of nitrogens with zero attached hydrogens (tertiary/aromatic N) is 2. The lowest BCUT2D eigenvalue weighted by Crippen LogP contribution is -2.26. The number of thioether (sulfide) groups is 1. The number of amides is 1. The molecule has 0 radical (unpaired) electrons. The van der Waals surface area contributed by atoms with Gasteiger partial charge in [-0.05, 0) is 23.3 Å². The first kappa shape index (κ1) is 16.6. The first-order valence-corrected chi connectivity index (χ1v) is 8.14. The van der Waals surface area contributed by atoms with Crippen LogP contribution in [0.3, 0.4) is 0 Å². The quantitative estimate of drug-likeness (QED) is 0.459. The summed E-state index contributed by atoms with van der Waals surface area (Å²) in [5, 5.41) is 18.8. The number of halogens is 2. The van der Waals surface area contributed by atoms with Gasteiger partial charge in [-0.2, -0.15) is 5.10 Å². The van der Waals surface area contributed by atoms with Crippen molar-refractivity contribution in [1.29, 1.82) is 0 Å². The molecular weight excluding hydrogens is 377 g/mol. The zero-order chi connectivity index (χ0) is 16.1. The summed E-state index contributed by atoms with van der Waals surface area (Å²) in [6, 6.07) is 4.27. The lowest BCUT2D eigenvalue weighted by atomic mass is 10.1. The van der Waals surface area contributed by atoms with Crippen molar-refractivity contribution in [1.82, 2.24) is 5.32 Å². The van der Waals surface area contributed by atoms with E-state index in [-0.39, 0.29) is 17.4 Å². The molecule has 0 bridgehead atoms. The second-order valence-corrected chi connectivity index (χ2v) is 6.07. The number of alkyl halides is 1. The van der Waals surface area contributed by atoms with Crippen molar-refractivity contribution < 1.29 is 19.1 Å². The number of carbonyl (C=O) groups is 2. The Hall–Kier alpha value is -1.74. The molecule has 0 aromatic heterocycles. The number of carboxylic acids is 1. The molecule has 1 amide bonds. The van der Waals surface area contributed by atoms with E-state index in [9.17, 15) is 14.0 Å². The third-order valence-corrected chi connectivity index (χ3v) is 4.41. The van der Waals surface area contributed by atoms with Gasteiger partial charge >= 0.3 is 5.97 Å². The summed E-state index contributed by atoms with van der Waals surface area (Å²) >= 11 is 4.28. The van der Waals surface area contributed by atoms with Gasteiger partial charge in [0.15, 0.2) is 5.17 Å². The van der Waals surface area contributed by atoms with Gasteiger partial charge in [0.2, 0.25) is 5.91 Å². The Labute approximate surface area is 138 Å². The predicted octanol–water partition coefficient (Wildman–Crippen LogP) is 2.12. The van der Waals surface area contributed by atoms with Crippen LogP contribution < -0.4 is 5.32 Å². The SMILES string of the molecule is O=C(O)CC1SC(=NN=Cc2ccc(F)cc2CBr)NC1=O. The molecular formula is C13H11BrFN3O3S. The second-order valence-electron chi connectivity index (χ2n) is 4.32. The van der Waals surface area contributed by atoms with E-state index >= 15 is 0 Å². The Morgan fingerprint density at radius 1 is 1.55 bits per heavy atom. The number of hydrogen-bond acceptors (Lipinski definition) is 5. The monoisotopic (exact) mass is 387 g/mol. The van der Waals surface area contributed by atoms with Crippen molar-refractivity contribution in [2.24, 2.45) is 10.2 Å². The molecule has 0 aliphatic carbocycles. The molecule has 1 unspecified atom stereocenters. The van der Waals surface area contributed by atoms with E-state index in [0.717, 1.165) is 17.3 Å². The minimum atomic E-state index is -1.05. The van der Waals surface area contributed by atoms with E-state index in [1.807, 2.05) is 0 Å². The van der Waals surface area contributed by atoms with Crippen molar-refractivity contribution in [2.75, 3.05) is 0 Å². The molecule has 22 heavy (non-hydrogen) atoms. The van der Waals surface area contributed by atoms with Crippen LogP contribution in [0.5, 0.6) is 0 Å². The lowest BCUT2D eigenvalue weighted by Gasteiger charge is -2.00. The van der Waals surface area contributed by atoms with E-state index < -0.39 is 17.1 Å². The van der Waals surface area contributed by atoms with Crippen LogP contribution >= 0.6 is 27.7 Å². The van der Waals surface area contributed by atoms with Gasteiger partial charge in [0, 0.05) is 5.33 Å². The van der Waals surface area contributed by atoms with E-state index in [0.29, 0.717) is 10.9 Å². The highest BCUT2D eigenvalue weighted by atomic mass is 79.9. The van der Waals surface area contributed by atoms with E-state index in [4.69, 9.17) is 5.11 Å². The van der Waals surface area contributed by atoms with Gasteiger partial charge in [-0.3, -0.25) is 9.59 Å². The topological polar surface area (TPSA) is 91.1 Å². The van der Waals surface area contributed by atoms with E-state index in [1.54, 1.807) is 6.07 Å². The van der Waals surface area contributed by atoms with E-state index in [1.165, 1.54) is 18.3 Å². The summed E-state index contributed by atoms with van der Waals surface area (Å²) < 4.78 is 13.1. The number of rotatable bonds is 5. The Balaban J connectivity index is 2.06. The Morgan fingerprint density at radius 2 is 2.32 bits per heavy atom. The van der Waals surface area contributed by atoms with Gasteiger partial charge in [-0.1, -0.05) is 33.8 Å². The Kier molecular flexibility index (Phi) is 5.67. The second kappa shape index (κ2) is 7.50. The molecule has 0 saturated carbocycles. The van der Waals surface area contributed by atoms with Crippen molar-refractivity contribution in [2.45, 2.75) is 17.0 Å². The van der Waals surface area contributed by atoms with Crippen LogP contribution in [0.4, 0.5) is 4.39 Å².